The molecular weight excluding hydrogens is 597 g/mol. The van der Waals surface area contributed by atoms with E-state index in [1.54, 1.807) is 18.2 Å². The molecule has 5 heterocycles. The van der Waals surface area contributed by atoms with E-state index in [1.165, 1.54) is 0 Å². The molecule has 3 aromatic carbocycles. The van der Waals surface area contributed by atoms with Gasteiger partial charge in [-0.15, -0.1) is 6.42 Å². The highest BCUT2D eigenvalue weighted by atomic mass is 19.1. The second kappa shape index (κ2) is 11.0. The van der Waals surface area contributed by atoms with E-state index in [0.29, 0.717) is 71.8 Å². The van der Waals surface area contributed by atoms with Crippen molar-refractivity contribution in [1.82, 2.24) is 20.2 Å². The Hall–Kier alpha value is -4.01. The lowest BCUT2D eigenvalue weighted by molar-refractivity contribution is -0.201. The van der Waals surface area contributed by atoms with E-state index in [0.717, 1.165) is 63.9 Å². The van der Waals surface area contributed by atoms with Gasteiger partial charge in [0.2, 0.25) is 0 Å². The quantitative estimate of drug-likeness (QED) is 0.286. The van der Waals surface area contributed by atoms with Crippen molar-refractivity contribution < 1.29 is 23.7 Å². The number of aromatic hydroxyl groups is 1. The lowest BCUT2D eigenvalue weighted by Crippen LogP contribution is -2.68. The molecule has 242 valence electrons. The van der Waals surface area contributed by atoms with Crippen molar-refractivity contribution in [3.05, 3.63) is 53.8 Å². The van der Waals surface area contributed by atoms with Crippen LogP contribution < -0.4 is 15.0 Å². The van der Waals surface area contributed by atoms with Gasteiger partial charge in [-0.05, 0) is 60.9 Å². The zero-order valence-corrected chi connectivity index (χ0v) is 26.3. The zero-order valence-electron chi connectivity index (χ0n) is 26.3. The summed E-state index contributed by atoms with van der Waals surface area (Å²) in [5.74, 6) is 2.97. The molecule has 4 saturated heterocycles. The lowest BCUT2D eigenvalue weighted by atomic mass is 9.92. The minimum Gasteiger partial charge on any atom is -0.508 e. The van der Waals surface area contributed by atoms with E-state index in [2.05, 4.69) is 21.0 Å². The molecule has 10 heteroatoms. The molecular formula is C37H38FN5O4. The van der Waals surface area contributed by atoms with E-state index in [-0.39, 0.29) is 28.2 Å². The van der Waals surface area contributed by atoms with Gasteiger partial charge in [-0.2, -0.15) is 9.97 Å². The van der Waals surface area contributed by atoms with Crippen molar-refractivity contribution in [2.24, 2.45) is 5.41 Å². The Morgan fingerprint density at radius 1 is 1.04 bits per heavy atom. The largest absolute Gasteiger partial charge is 0.508 e. The topological polar surface area (TPSA) is 92.2 Å². The fourth-order valence-electron chi connectivity index (χ4n) is 8.12. The molecule has 2 atom stereocenters. The highest BCUT2D eigenvalue weighted by Gasteiger charge is 2.52. The summed E-state index contributed by atoms with van der Waals surface area (Å²) >= 11 is 0. The minimum atomic E-state index is -0.491. The fourth-order valence-corrected chi connectivity index (χ4v) is 8.12. The average molecular weight is 636 g/mol. The number of fused-ring (bicyclic) bond motifs is 4. The number of nitrogens with zero attached hydrogens (tertiary/aromatic N) is 4. The molecule has 9 nitrogen and oxygen atoms in total. The van der Waals surface area contributed by atoms with Crippen molar-refractivity contribution in [3.63, 3.8) is 0 Å². The van der Waals surface area contributed by atoms with Crippen LogP contribution in [0.4, 0.5) is 10.2 Å². The molecule has 1 aromatic heterocycles. The molecule has 1 saturated carbocycles. The minimum absolute atomic E-state index is 0.000931. The number of terminal acetylenes is 1. The number of hydrogen-bond acceptors (Lipinski definition) is 9. The van der Waals surface area contributed by atoms with Crippen LogP contribution in [-0.4, -0.2) is 96.8 Å². The molecule has 4 aliphatic heterocycles. The number of morpholine rings is 1. The maximum atomic E-state index is 16.9. The van der Waals surface area contributed by atoms with E-state index < -0.39 is 5.82 Å². The third-order valence-electron chi connectivity index (χ3n) is 11.0. The number of hydrogen-bond donors (Lipinski definition) is 2. The zero-order chi connectivity index (χ0) is 31.8. The van der Waals surface area contributed by atoms with E-state index in [4.69, 9.17) is 30.6 Å². The monoisotopic (exact) mass is 635 g/mol. The number of phenols is 1. The number of rotatable bonds is 7. The van der Waals surface area contributed by atoms with Crippen LogP contribution in [0.25, 0.3) is 32.8 Å². The molecule has 2 N–H and O–H groups in total. The number of anilines is 1. The maximum absolute atomic E-state index is 16.9. The SMILES string of the molecule is C#Cc1cccc2cc(O)cc(-c3ccc4c(N5CC6CCC(C5)N6)nc(OCC5(CN6CCOCC67COC7)CC5)nc4c3F)c12. The van der Waals surface area contributed by atoms with E-state index in [1.807, 2.05) is 24.3 Å². The number of halogens is 1. The normalized spacial score (nSPS) is 24.4. The second-order valence-corrected chi connectivity index (χ2v) is 14.2. The predicted molar refractivity (Wildman–Crippen MR) is 177 cm³/mol. The number of phenolic OH excluding ortho intramolecular Hbond substituents is 1. The Morgan fingerprint density at radius 2 is 1.85 bits per heavy atom. The summed E-state index contributed by atoms with van der Waals surface area (Å²) in [4.78, 5) is 14.5. The Morgan fingerprint density at radius 3 is 2.60 bits per heavy atom. The summed E-state index contributed by atoms with van der Waals surface area (Å²) in [6.45, 7) is 6.66. The molecule has 1 aliphatic carbocycles. The van der Waals surface area contributed by atoms with Gasteiger partial charge in [0.05, 0.1) is 38.6 Å². The predicted octanol–water partition coefficient (Wildman–Crippen LogP) is 4.48. The van der Waals surface area contributed by atoms with Gasteiger partial charge in [-0.25, -0.2) is 4.39 Å². The second-order valence-electron chi connectivity index (χ2n) is 14.2. The Balaban J connectivity index is 1.10. The van der Waals surface area contributed by atoms with E-state index in [9.17, 15) is 5.11 Å². The van der Waals surface area contributed by atoms with Gasteiger partial charge in [0.1, 0.15) is 17.1 Å². The molecule has 2 unspecified atom stereocenters. The van der Waals surface area contributed by atoms with Crippen LogP contribution in [0.3, 0.4) is 0 Å². The van der Waals surface area contributed by atoms with Gasteiger partial charge in [0.25, 0.3) is 0 Å². The number of benzene rings is 3. The van der Waals surface area contributed by atoms with Crippen molar-refractivity contribution in [1.29, 1.82) is 0 Å². The van der Waals surface area contributed by atoms with Gasteiger partial charge in [-0.1, -0.05) is 24.1 Å². The van der Waals surface area contributed by atoms with Crippen LogP contribution in [0, 0.1) is 23.6 Å². The molecule has 9 rings (SSSR count). The molecule has 47 heavy (non-hydrogen) atoms. The third kappa shape index (κ3) is 4.99. The molecule has 2 bridgehead atoms. The fraction of sp³-hybridized carbons (Fsp3) is 0.459. The Bertz CT molecular complexity index is 1920. The van der Waals surface area contributed by atoms with Crippen LogP contribution >= 0.6 is 0 Å². The smallest absolute Gasteiger partial charge is 0.319 e. The summed E-state index contributed by atoms with van der Waals surface area (Å²) in [5, 5.41) is 16.4. The molecule has 5 aliphatic rings. The molecule has 4 aromatic rings. The summed E-state index contributed by atoms with van der Waals surface area (Å²) in [7, 11) is 0. The Labute approximate surface area is 273 Å². The van der Waals surface area contributed by atoms with Gasteiger partial charge in [0, 0.05) is 65.6 Å². The van der Waals surface area contributed by atoms with Gasteiger partial charge in [0.15, 0.2) is 5.82 Å². The molecule has 0 radical (unpaired) electrons. The number of piperazine rings is 1. The highest BCUT2D eigenvalue weighted by molar-refractivity contribution is 6.04. The number of nitrogens with one attached hydrogen (secondary N) is 1. The first-order chi connectivity index (χ1) is 22.9. The van der Waals surface area contributed by atoms with E-state index >= 15 is 4.39 Å². The average Bonchev–Trinajstić information content (AvgIpc) is 3.75. The number of ether oxygens (including phenoxy) is 3. The van der Waals surface area contributed by atoms with Crippen LogP contribution in [-0.2, 0) is 9.47 Å². The van der Waals surface area contributed by atoms with Gasteiger partial charge >= 0.3 is 6.01 Å². The Kier molecular flexibility index (Phi) is 6.84. The first-order valence-electron chi connectivity index (χ1n) is 16.7. The van der Waals surface area contributed by atoms with Gasteiger partial charge < -0.3 is 29.5 Å². The number of aromatic nitrogens is 2. The van der Waals surface area contributed by atoms with Crippen LogP contribution in [0.2, 0.25) is 0 Å². The van der Waals surface area contributed by atoms with Crippen molar-refractivity contribution in [3.8, 4) is 35.2 Å². The third-order valence-corrected chi connectivity index (χ3v) is 11.0. The molecule has 5 fully saturated rings. The van der Waals surface area contributed by atoms with Crippen LogP contribution in [0.1, 0.15) is 31.2 Å². The van der Waals surface area contributed by atoms with Crippen molar-refractivity contribution in [2.45, 2.75) is 43.3 Å². The van der Waals surface area contributed by atoms with Crippen molar-refractivity contribution in [2.75, 3.05) is 64.1 Å². The van der Waals surface area contributed by atoms with Crippen molar-refractivity contribution >= 4 is 27.5 Å². The highest BCUT2D eigenvalue weighted by Crippen LogP contribution is 2.48. The molecule has 0 amide bonds. The van der Waals surface area contributed by atoms with Gasteiger partial charge in [-0.3, -0.25) is 4.90 Å². The van der Waals surface area contributed by atoms with Crippen LogP contribution in [0.15, 0.2) is 42.5 Å². The maximum Gasteiger partial charge on any atom is 0.319 e. The van der Waals surface area contributed by atoms with Crippen LogP contribution in [0.5, 0.6) is 11.8 Å². The molecule has 1 spiro atoms. The standard InChI is InChI=1S/C37H38FN5O4/c1-2-23-4-3-5-24-14-27(44)15-30(31(23)24)28-8-9-29-33(32(28)38)40-35(41-34(29)42-16-25-6-7-26(17-42)39-25)47-19-36(10-11-36)18-43-12-13-45-20-37(43)21-46-22-37/h1,3-5,8-9,14-15,25-26,39,44H,6-7,10-13,16-22H2. The first kappa shape index (κ1) is 29.2. The lowest BCUT2D eigenvalue weighted by Gasteiger charge is -2.52. The summed E-state index contributed by atoms with van der Waals surface area (Å²) < 4.78 is 34.8. The summed E-state index contributed by atoms with van der Waals surface area (Å²) in [5.41, 5.74) is 1.64. The first-order valence-corrected chi connectivity index (χ1v) is 16.7. The summed E-state index contributed by atoms with van der Waals surface area (Å²) in [6, 6.07) is 13.3. The summed E-state index contributed by atoms with van der Waals surface area (Å²) in [6.07, 6.45) is 10.2.